The zero-order valence-electron chi connectivity index (χ0n) is 19.6. The number of hydrogen-bond donors (Lipinski definition) is 1. The summed E-state index contributed by atoms with van der Waals surface area (Å²) in [5, 5.41) is 6.39. The molecule has 10 nitrogen and oxygen atoms in total. The van der Waals surface area contributed by atoms with Gasteiger partial charge in [0.05, 0.1) is 6.54 Å². The first-order chi connectivity index (χ1) is 16.1. The summed E-state index contributed by atoms with van der Waals surface area (Å²) in [4.78, 5) is 36.1. The standard InChI is InChI=1S/C21H30F3N7O3/c1-14-16(15(2)31-20(26-14)27-19(28-31)21(22,23)24)5-6-18(33)30-10-8-29(9-11-30)13-17(32)25-7-4-12-34-3/h4-13H2,1-3H3,(H,25,32). The third kappa shape index (κ3) is 6.41. The number of aryl methyl sites for hydroxylation is 2. The molecule has 2 amide bonds. The monoisotopic (exact) mass is 485 g/mol. The zero-order valence-corrected chi connectivity index (χ0v) is 19.6. The topological polar surface area (TPSA) is 105 Å². The minimum Gasteiger partial charge on any atom is -0.385 e. The minimum absolute atomic E-state index is 0.0443. The number of hydrogen-bond acceptors (Lipinski definition) is 7. The number of carbonyl (C=O) groups is 2. The van der Waals surface area contributed by atoms with E-state index in [1.54, 1.807) is 25.9 Å². The first kappa shape index (κ1) is 25.8. The largest absolute Gasteiger partial charge is 0.453 e. The van der Waals surface area contributed by atoms with Crippen molar-refractivity contribution >= 4 is 17.6 Å². The van der Waals surface area contributed by atoms with Crippen LogP contribution in [-0.2, 0) is 26.9 Å². The molecule has 1 aliphatic rings. The van der Waals surface area contributed by atoms with Gasteiger partial charge in [-0.1, -0.05) is 0 Å². The van der Waals surface area contributed by atoms with E-state index in [1.807, 2.05) is 4.90 Å². The second kappa shape index (κ2) is 11.1. The van der Waals surface area contributed by atoms with Gasteiger partial charge in [0.25, 0.3) is 11.6 Å². The molecule has 13 heteroatoms. The fraction of sp³-hybridized carbons (Fsp3) is 0.667. The van der Waals surface area contributed by atoms with Gasteiger partial charge in [-0.25, -0.2) is 9.50 Å². The summed E-state index contributed by atoms with van der Waals surface area (Å²) in [5.74, 6) is -1.45. The van der Waals surface area contributed by atoms with Gasteiger partial charge in [-0.05, 0) is 32.3 Å². The third-order valence-corrected chi connectivity index (χ3v) is 5.83. The molecule has 0 saturated carbocycles. The molecule has 1 fully saturated rings. The molecule has 34 heavy (non-hydrogen) atoms. The molecule has 1 N–H and O–H groups in total. The Morgan fingerprint density at radius 2 is 1.82 bits per heavy atom. The molecule has 0 radical (unpaired) electrons. The van der Waals surface area contributed by atoms with E-state index >= 15 is 0 Å². The van der Waals surface area contributed by atoms with Crippen LogP contribution < -0.4 is 5.32 Å². The molecule has 188 valence electrons. The summed E-state index contributed by atoms with van der Waals surface area (Å²) >= 11 is 0. The van der Waals surface area contributed by atoms with Crippen LogP contribution in [0.5, 0.6) is 0 Å². The highest BCUT2D eigenvalue weighted by Crippen LogP contribution is 2.27. The molecule has 1 aliphatic heterocycles. The van der Waals surface area contributed by atoms with Gasteiger partial charge in [-0.3, -0.25) is 14.5 Å². The summed E-state index contributed by atoms with van der Waals surface area (Å²) in [7, 11) is 1.62. The second-order valence-corrected chi connectivity index (χ2v) is 8.26. The lowest BCUT2D eigenvalue weighted by Gasteiger charge is -2.34. The SMILES string of the molecule is COCCCNC(=O)CN1CCN(C(=O)CCc2c(C)nc3nc(C(F)(F)F)nn3c2C)CC1. The maximum Gasteiger partial charge on any atom is 0.453 e. The number of carbonyl (C=O) groups excluding carboxylic acids is 2. The van der Waals surface area contributed by atoms with E-state index in [2.05, 4.69) is 20.4 Å². The Labute approximate surface area is 195 Å². The van der Waals surface area contributed by atoms with Crippen molar-refractivity contribution < 1.29 is 27.5 Å². The Bertz CT molecular complexity index is 1020. The Hall–Kier alpha value is -2.80. The number of nitrogens with one attached hydrogen (secondary N) is 1. The Morgan fingerprint density at radius 3 is 2.47 bits per heavy atom. The highest BCUT2D eigenvalue weighted by Gasteiger charge is 2.37. The highest BCUT2D eigenvalue weighted by molar-refractivity contribution is 5.78. The fourth-order valence-corrected chi connectivity index (χ4v) is 3.94. The molecular formula is C21H30F3N7O3. The van der Waals surface area contributed by atoms with Crippen LogP contribution in [0.4, 0.5) is 13.2 Å². The van der Waals surface area contributed by atoms with E-state index in [4.69, 9.17) is 4.74 Å². The van der Waals surface area contributed by atoms with Crippen molar-refractivity contribution in [3.05, 3.63) is 22.8 Å². The number of nitrogens with zero attached hydrogens (tertiary/aromatic N) is 6. The smallest absolute Gasteiger partial charge is 0.385 e. The highest BCUT2D eigenvalue weighted by atomic mass is 19.4. The molecule has 2 aromatic rings. The van der Waals surface area contributed by atoms with E-state index in [1.165, 1.54) is 0 Å². The first-order valence-corrected chi connectivity index (χ1v) is 11.2. The summed E-state index contributed by atoms with van der Waals surface area (Å²) in [6, 6.07) is 0. The van der Waals surface area contributed by atoms with Crippen molar-refractivity contribution in [2.45, 2.75) is 39.3 Å². The summed E-state index contributed by atoms with van der Waals surface area (Å²) in [6.45, 7) is 7.02. The summed E-state index contributed by atoms with van der Waals surface area (Å²) in [5.41, 5.74) is 1.70. The lowest BCUT2D eigenvalue weighted by molar-refractivity contribution is -0.144. The molecule has 0 atom stereocenters. The van der Waals surface area contributed by atoms with Crippen molar-refractivity contribution in [2.24, 2.45) is 0 Å². The Balaban J connectivity index is 1.51. The van der Waals surface area contributed by atoms with E-state index in [0.29, 0.717) is 62.7 Å². The van der Waals surface area contributed by atoms with Crippen LogP contribution in [0.25, 0.3) is 5.78 Å². The number of fused-ring (bicyclic) bond motifs is 1. The molecule has 3 rings (SSSR count). The van der Waals surface area contributed by atoms with Crippen molar-refractivity contribution in [1.82, 2.24) is 34.7 Å². The number of piperazine rings is 1. The van der Waals surface area contributed by atoms with Crippen LogP contribution in [0.3, 0.4) is 0 Å². The Morgan fingerprint density at radius 1 is 1.12 bits per heavy atom. The average molecular weight is 486 g/mol. The predicted octanol–water partition coefficient (Wildman–Crippen LogP) is 0.989. The van der Waals surface area contributed by atoms with Crippen LogP contribution in [0, 0.1) is 13.8 Å². The number of methoxy groups -OCH3 is 1. The van der Waals surface area contributed by atoms with Crippen molar-refractivity contribution in [3.63, 3.8) is 0 Å². The minimum atomic E-state index is -4.66. The van der Waals surface area contributed by atoms with Crippen LogP contribution in [0.15, 0.2) is 0 Å². The van der Waals surface area contributed by atoms with Gasteiger partial charge in [-0.2, -0.15) is 18.2 Å². The zero-order chi connectivity index (χ0) is 24.9. The number of ether oxygens (including phenoxy) is 1. The molecule has 0 aliphatic carbocycles. The maximum absolute atomic E-state index is 13.0. The predicted molar refractivity (Wildman–Crippen MR) is 116 cm³/mol. The van der Waals surface area contributed by atoms with Gasteiger partial charge in [0, 0.05) is 64.2 Å². The van der Waals surface area contributed by atoms with Crippen molar-refractivity contribution in [3.8, 4) is 0 Å². The number of aromatic nitrogens is 4. The number of alkyl halides is 3. The maximum atomic E-state index is 13.0. The van der Waals surface area contributed by atoms with Gasteiger partial charge in [0.15, 0.2) is 0 Å². The lowest BCUT2D eigenvalue weighted by Crippen LogP contribution is -2.51. The van der Waals surface area contributed by atoms with Crippen LogP contribution in [0.2, 0.25) is 0 Å². The van der Waals surface area contributed by atoms with E-state index in [9.17, 15) is 22.8 Å². The van der Waals surface area contributed by atoms with Gasteiger partial charge in [0.1, 0.15) is 0 Å². The van der Waals surface area contributed by atoms with Crippen LogP contribution in [0.1, 0.15) is 35.6 Å². The molecule has 0 bridgehead atoms. The van der Waals surface area contributed by atoms with Gasteiger partial charge < -0.3 is 15.0 Å². The first-order valence-electron chi connectivity index (χ1n) is 11.2. The molecule has 0 unspecified atom stereocenters. The van der Waals surface area contributed by atoms with Crippen molar-refractivity contribution in [1.29, 1.82) is 0 Å². The van der Waals surface area contributed by atoms with Gasteiger partial charge in [0.2, 0.25) is 11.8 Å². The molecule has 0 spiro atoms. The van der Waals surface area contributed by atoms with E-state index in [0.717, 1.165) is 10.9 Å². The summed E-state index contributed by atoms with van der Waals surface area (Å²) in [6.07, 6.45) is -3.36. The summed E-state index contributed by atoms with van der Waals surface area (Å²) < 4.78 is 44.9. The van der Waals surface area contributed by atoms with Crippen LogP contribution in [-0.4, -0.2) is 94.2 Å². The lowest BCUT2D eigenvalue weighted by atomic mass is 10.1. The van der Waals surface area contributed by atoms with Gasteiger partial charge in [-0.15, -0.1) is 5.10 Å². The fourth-order valence-electron chi connectivity index (χ4n) is 3.94. The average Bonchev–Trinajstić information content (AvgIpc) is 3.22. The number of rotatable bonds is 9. The second-order valence-electron chi connectivity index (χ2n) is 8.26. The molecule has 1 saturated heterocycles. The number of amides is 2. The van der Waals surface area contributed by atoms with E-state index < -0.39 is 12.0 Å². The molecule has 0 aromatic carbocycles. The molecule has 3 heterocycles. The van der Waals surface area contributed by atoms with Crippen molar-refractivity contribution in [2.75, 3.05) is 53.0 Å². The Kier molecular flexibility index (Phi) is 8.42. The molecular weight excluding hydrogens is 455 g/mol. The third-order valence-electron chi connectivity index (χ3n) is 5.83. The van der Waals surface area contributed by atoms with E-state index in [-0.39, 0.29) is 30.6 Å². The quantitative estimate of drug-likeness (QED) is 0.528. The number of halogens is 3. The van der Waals surface area contributed by atoms with Crippen LogP contribution >= 0.6 is 0 Å². The van der Waals surface area contributed by atoms with Gasteiger partial charge >= 0.3 is 6.18 Å². The normalized spacial score (nSPS) is 15.2. The molecule has 2 aromatic heterocycles.